The van der Waals surface area contributed by atoms with Crippen LogP contribution in [-0.4, -0.2) is 18.8 Å². The van der Waals surface area contributed by atoms with Crippen LogP contribution in [0, 0.1) is 0 Å². The van der Waals surface area contributed by atoms with Gasteiger partial charge < -0.3 is 9.84 Å². The Kier molecular flexibility index (Phi) is 3.77. The Morgan fingerprint density at radius 1 is 1.33 bits per heavy atom. The molecule has 0 heterocycles. The molecule has 1 aromatic rings. The summed E-state index contributed by atoms with van der Waals surface area (Å²) in [5, 5.41) is 9.57. The number of hydrogen-bond donors (Lipinski definition) is 1. The summed E-state index contributed by atoms with van der Waals surface area (Å²) >= 11 is 0. The number of rotatable bonds is 4. The Morgan fingerprint density at radius 2 is 2.00 bits per heavy atom. The normalized spacial score (nSPS) is 12.8. The smallest absolute Gasteiger partial charge is 0.0812 e. The number of methoxy groups -OCH3 is 1. The van der Waals surface area contributed by atoms with E-state index in [0.29, 0.717) is 13.0 Å². The molecular weight excluding hydrogens is 152 g/mol. The molecule has 12 heavy (non-hydrogen) atoms. The van der Waals surface area contributed by atoms with Crippen LogP contribution in [0.4, 0.5) is 0 Å². The Bertz CT molecular complexity index is 208. The molecule has 0 radical (unpaired) electrons. The van der Waals surface area contributed by atoms with Gasteiger partial charge in [-0.1, -0.05) is 30.3 Å². The molecular formula is C10H14O2. The zero-order valence-corrected chi connectivity index (χ0v) is 7.23. The zero-order valence-electron chi connectivity index (χ0n) is 7.23. The summed E-state index contributed by atoms with van der Waals surface area (Å²) in [6.07, 6.45) is 0.256. The lowest BCUT2D eigenvalue weighted by Crippen LogP contribution is -2.01. The monoisotopic (exact) mass is 166 g/mol. The molecule has 0 aliphatic heterocycles. The lowest BCUT2D eigenvalue weighted by atomic mass is 10.1. The van der Waals surface area contributed by atoms with Crippen LogP contribution in [0.2, 0.25) is 0 Å². The summed E-state index contributed by atoms with van der Waals surface area (Å²) in [6.45, 7) is 0.593. The van der Waals surface area contributed by atoms with E-state index >= 15 is 0 Å². The molecule has 0 bridgehead atoms. The van der Waals surface area contributed by atoms with E-state index in [1.54, 1.807) is 7.11 Å². The summed E-state index contributed by atoms with van der Waals surface area (Å²) in [5.74, 6) is 0. The van der Waals surface area contributed by atoms with Crippen molar-refractivity contribution in [2.24, 2.45) is 0 Å². The molecule has 1 aromatic carbocycles. The molecule has 0 aliphatic rings. The van der Waals surface area contributed by atoms with Crippen molar-refractivity contribution in [3.05, 3.63) is 35.9 Å². The highest BCUT2D eigenvalue weighted by molar-refractivity contribution is 5.16. The van der Waals surface area contributed by atoms with Crippen LogP contribution < -0.4 is 0 Å². The van der Waals surface area contributed by atoms with E-state index in [2.05, 4.69) is 0 Å². The Morgan fingerprint density at radius 3 is 2.58 bits per heavy atom. The molecule has 2 heteroatoms. The first-order valence-corrected chi connectivity index (χ1v) is 4.06. The molecule has 0 spiro atoms. The lowest BCUT2D eigenvalue weighted by molar-refractivity contribution is 0.110. The number of aliphatic hydroxyl groups is 1. The van der Waals surface area contributed by atoms with E-state index in [4.69, 9.17) is 4.74 Å². The fourth-order valence-electron chi connectivity index (χ4n) is 1.07. The molecule has 1 N–H and O–H groups in total. The van der Waals surface area contributed by atoms with Crippen molar-refractivity contribution in [2.45, 2.75) is 12.5 Å². The van der Waals surface area contributed by atoms with Gasteiger partial charge in [-0.3, -0.25) is 0 Å². The van der Waals surface area contributed by atoms with Crippen molar-refractivity contribution < 1.29 is 9.84 Å². The van der Waals surface area contributed by atoms with Gasteiger partial charge in [-0.05, 0) is 5.56 Å². The minimum Gasteiger partial charge on any atom is -0.388 e. The second-order valence-electron chi connectivity index (χ2n) is 2.71. The van der Waals surface area contributed by atoms with Gasteiger partial charge in [0, 0.05) is 20.1 Å². The standard InChI is InChI=1S/C10H14O2/c1-12-8-7-10(11)9-5-3-2-4-6-9/h2-6,10-11H,7-8H2,1H3/t10-/m1/s1. The topological polar surface area (TPSA) is 29.5 Å². The summed E-state index contributed by atoms with van der Waals surface area (Å²) < 4.78 is 4.87. The highest BCUT2D eigenvalue weighted by Crippen LogP contribution is 2.15. The van der Waals surface area contributed by atoms with Crippen molar-refractivity contribution in [3.63, 3.8) is 0 Å². The number of ether oxygens (including phenoxy) is 1. The van der Waals surface area contributed by atoms with Crippen LogP contribution in [0.1, 0.15) is 18.1 Å². The molecule has 1 atom stereocenters. The average Bonchev–Trinajstić information content (AvgIpc) is 2.15. The molecule has 0 aliphatic carbocycles. The van der Waals surface area contributed by atoms with Gasteiger partial charge in [0.25, 0.3) is 0 Å². The highest BCUT2D eigenvalue weighted by atomic mass is 16.5. The van der Waals surface area contributed by atoms with Crippen molar-refractivity contribution in [2.75, 3.05) is 13.7 Å². The molecule has 2 nitrogen and oxygen atoms in total. The Balaban J connectivity index is 2.48. The molecule has 0 saturated heterocycles. The quantitative estimate of drug-likeness (QED) is 0.738. The highest BCUT2D eigenvalue weighted by Gasteiger charge is 2.04. The van der Waals surface area contributed by atoms with Crippen LogP contribution in [0.15, 0.2) is 30.3 Å². The number of hydrogen-bond acceptors (Lipinski definition) is 2. The summed E-state index contributed by atoms with van der Waals surface area (Å²) in [7, 11) is 1.64. The van der Waals surface area contributed by atoms with E-state index in [1.807, 2.05) is 30.3 Å². The first-order valence-electron chi connectivity index (χ1n) is 4.06. The summed E-state index contributed by atoms with van der Waals surface area (Å²) in [6, 6.07) is 9.61. The van der Waals surface area contributed by atoms with Gasteiger partial charge in [0.15, 0.2) is 0 Å². The lowest BCUT2D eigenvalue weighted by Gasteiger charge is -2.09. The van der Waals surface area contributed by atoms with E-state index in [9.17, 15) is 5.11 Å². The van der Waals surface area contributed by atoms with E-state index in [-0.39, 0.29) is 0 Å². The van der Waals surface area contributed by atoms with Gasteiger partial charge in [-0.2, -0.15) is 0 Å². The molecule has 0 aromatic heterocycles. The van der Waals surface area contributed by atoms with E-state index in [1.165, 1.54) is 0 Å². The van der Waals surface area contributed by atoms with Crippen molar-refractivity contribution in [3.8, 4) is 0 Å². The minimum absolute atomic E-state index is 0.397. The summed E-state index contributed by atoms with van der Waals surface area (Å²) in [4.78, 5) is 0. The molecule has 0 saturated carbocycles. The number of aliphatic hydroxyl groups excluding tert-OH is 1. The van der Waals surface area contributed by atoms with Crippen LogP contribution in [0.3, 0.4) is 0 Å². The average molecular weight is 166 g/mol. The van der Waals surface area contributed by atoms with Gasteiger partial charge in [-0.15, -0.1) is 0 Å². The predicted molar refractivity (Wildman–Crippen MR) is 47.9 cm³/mol. The van der Waals surface area contributed by atoms with Gasteiger partial charge in [-0.25, -0.2) is 0 Å². The molecule has 66 valence electrons. The first kappa shape index (κ1) is 9.23. The summed E-state index contributed by atoms with van der Waals surface area (Å²) in [5.41, 5.74) is 0.953. The third-order valence-electron chi connectivity index (χ3n) is 1.78. The van der Waals surface area contributed by atoms with Crippen molar-refractivity contribution in [1.82, 2.24) is 0 Å². The minimum atomic E-state index is -0.397. The second kappa shape index (κ2) is 4.91. The van der Waals surface area contributed by atoms with Crippen LogP contribution in [-0.2, 0) is 4.74 Å². The predicted octanol–water partition coefficient (Wildman–Crippen LogP) is 1.76. The van der Waals surface area contributed by atoms with Gasteiger partial charge >= 0.3 is 0 Å². The first-order chi connectivity index (χ1) is 5.84. The van der Waals surface area contributed by atoms with Crippen LogP contribution >= 0.6 is 0 Å². The zero-order chi connectivity index (χ0) is 8.81. The fourth-order valence-corrected chi connectivity index (χ4v) is 1.07. The van der Waals surface area contributed by atoms with Crippen molar-refractivity contribution in [1.29, 1.82) is 0 Å². The molecule has 0 unspecified atom stereocenters. The van der Waals surface area contributed by atoms with Gasteiger partial charge in [0.2, 0.25) is 0 Å². The van der Waals surface area contributed by atoms with E-state index < -0.39 is 6.10 Å². The maximum atomic E-state index is 9.57. The third-order valence-corrected chi connectivity index (χ3v) is 1.78. The second-order valence-corrected chi connectivity index (χ2v) is 2.71. The Hall–Kier alpha value is -0.860. The SMILES string of the molecule is COCC[C@@H](O)c1ccccc1. The largest absolute Gasteiger partial charge is 0.388 e. The number of benzene rings is 1. The van der Waals surface area contributed by atoms with Crippen LogP contribution in [0.5, 0.6) is 0 Å². The van der Waals surface area contributed by atoms with E-state index in [0.717, 1.165) is 5.56 Å². The Labute approximate surface area is 72.8 Å². The maximum absolute atomic E-state index is 9.57. The third kappa shape index (κ3) is 2.64. The molecule has 0 amide bonds. The van der Waals surface area contributed by atoms with Gasteiger partial charge in [0.05, 0.1) is 6.10 Å². The maximum Gasteiger partial charge on any atom is 0.0812 e. The molecule has 1 rings (SSSR count). The van der Waals surface area contributed by atoms with Crippen molar-refractivity contribution >= 4 is 0 Å². The fraction of sp³-hybridized carbons (Fsp3) is 0.400. The van der Waals surface area contributed by atoms with Crippen LogP contribution in [0.25, 0.3) is 0 Å². The van der Waals surface area contributed by atoms with Gasteiger partial charge in [0.1, 0.15) is 0 Å². The molecule has 0 fully saturated rings.